The van der Waals surface area contributed by atoms with Crippen LogP contribution < -0.4 is 10.1 Å². The Kier molecular flexibility index (Phi) is 10.5. The van der Waals surface area contributed by atoms with Crippen LogP contribution in [0.2, 0.25) is 0 Å². The third kappa shape index (κ3) is 8.85. The van der Waals surface area contributed by atoms with Crippen LogP contribution in [0, 0.1) is 0 Å². The van der Waals surface area contributed by atoms with E-state index in [4.69, 9.17) is 24.3 Å². The Morgan fingerprint density at radius 2 is 1.64 bits per heavy atom. The average molecular weight is 627 g/mol. The minimum atomic E-state index is -4.48. The lowest BCUT2D eigenvalue weighted by Gasteiger charge is -2.31. The summed E-state index contributed by atoms with van der Waals surface area (Å²) < 4.78 is 56.7. The number of hydrogen-bond donors (Lipinski definition) is 2. The Morgan fingerprint density at radius 3 is 2.24 bits per heavy atom. The van der Waals surface area contributed by atoms with Gasteiger partial charge < -0.3 is 24.6 Å². The van der Waals surface area contributed by atoms with Gasteiger partial charge in [-0.1, -0.05) is 42.5 Å². The molecule has 0 saturated heterocycles. The zero-order chi connectivity index (χ0) is 32.7. The fraction of sp³-hybridized carbons (Fsp3) is 0.382. The molecule has 240 valence electrons. The van der Waals surface area contributed by atoms with E-state index in [1.54, 1.807) is 69.3 Å². The smallest absolute Gasteiger partial charge is 0.416 e. The molecule has 3 aromatic rings. The van der Waals surface area contributed by atoms with Gasteiger partial charge in [0.2, 0.25) is 5.90 Å². The zero-order valence-electron chi connectivity index (χ0n) is 25.4. The fourth-order valence-corrected chi connectivity index (χ4v) is 4.83. The first-order chi connectivity index (χ1) is 21.3. The summed E-state index contributed by atoms with van der Waals surface area (Å²) in [5.74, 6) is -0.313. The highest BCUT2D eigenvalue weighted by atomic mass is 19.4. The molecule has 8 nitrogen and oxygen atoms in total. The molecule has 0 saturated carbocycles. The summed E-state index contributed by atoms with van der Waals surface area (Å²) in [5.41, 5.74) is -1.48. The van der Waals surface area contributed by atoms with Crippen molar-refractivity contribution in [2.24, 2.45) is 4.99 Å². The van der Waals surface area contributed by atoms with E-state index in [-0.39, 0.29) is 31.9 Å². The lowest BCUT2D eigenvalue weighted by Crippen LogP contribution is -2.48. The zero-order valence-corrected chi connectivity index (χ0v) is 25.4. The third-order valence-corrected chi connectivity index (χ3v) is 7.00. The number of alkyl halides is 3. The predicted octanol–water partition coefficient (Wildman–Crippen LogP) is 6.16. The molecule has 4 rings (SSSR count). The number of aliphatic hydroxyl groups excluding tert-OH is 1. The molecule has 1 amide bonds. The van der Waals surface area contributed by atoms with Gasteiger partial charge in [0.1, 0.15) is 11.4 Å². The third-order valence-electron chi connectivity index (χ3n) is 7.00. The molecular formula is C34H37F3N2O6. The van der Waals surface area contributed by atoms with Crippen molar-refractivity contribution in [1.29, 1.82) is 0 Å². The first-order valence-electron chi connectivity index (χ1n) is 14.6. The Bertz CT molecular complexity index is 1470. The van der Waals surface area contributed by atoms with Gasteiger partial charge in [0.15, 0.2) is 11.6 Å². The van der Waals surface area contributed by atoms with E-state index in [1.165, 1.54) is 12.1 Å². The molecule has 3 aromatic carbocycles. The highest BCUT2D eigenvalue weighted by Gasteiger charge is 2.53. The minimum Gasteiger partial charge on any atom is -0.494 e. The van der Waals surface area contributed by atoms with Crippen molar-refractivity contribution in [2.45, 2.75) is 70.0 Å². The number of benzene rings is 3. The van der Waals surface area contributed by atoms with Crippen molar-refractivity contribution in [3.8, 4) is 5.75 Å². The molecular weight excluding hydrogens is 589 g/mol. The van der Waals surface area contributed by atoms with Gasteiger partial charge in [-0.15, -0.1) is 0 Å². The summed E-state index contributed by atoms with van der Waals surface area (Å²) in [6, 6.07) is 20.5. The highest BCUT2D eigenvalue weighted by molar-refractivity contribution is 6.01. The Hall–Kier alpha value is -4.38. The summed E-state index contributed by atoms with van der Waals surface area (Å²) in [7, 11) is 0. The van der Waals surface area contributed by atoms with E-state index in [9.17, 15) is 22.8 Å². The normalized spacial score (nSPS) is 18.1. The number of aliphatic imine (C=N–C) groups is 1. The number of carbonyl (C=O) groups excluding carboxylic acids is 2. The van der Waals surface area contributed by atoms with Crippen molar-refractivity contribution in [3.05, 3.63) is 101 Å². The van der Waals surface area contributed by atoms with Crippen LogP contribution >= 0.6 is 0 Å². The highest BCUT2D eigenvalue weighted by Crippen LogP contribution is 2.43. The molecule has 0 aliphatic carbocycles. The number of rotatable bonds is 12. The number of halogens is 3. The molecule has 1 heterocycles. The van der Waals surface area contributed by atoms with E-state index < -0.39 is 40.9 Å². The topological polar surface area (TPSA) is 106 Å². The molecule has 0 radical (unpaired) electrons. The number of ether oxygens (including phenoxy) is 3. The predicted molar refractivity (Wildman–Crippen MR) is 162 cm³/mol. The second-order valence-corrected chi connectivity index (χ2v) is 11.7. The minimum absolute atomic E-state index is 0.00983. The van der Waals surface area contributed by atoms with Gasteiger partial charge in [-0.2, -0.15) is 13.2 Å². The van der Waals surface area contributed by atoms with Crippen LogP contribution in [-0.2, 0) is 31.8 Å². The molecule has 2 atom stereocenters. The van der Waals surface area contributed by atoms with Crippen LogP contribution in [0.15, 0.2) is 83.9 Å². The summed E-state index contributed by atoms with van der Waals surface area (Å²) in [6.07, 6.45) is -5.13. The summed E-state index contributed by atoms with van der Waals surface area (Å²) in [5, 5.41) is 11.8. The SMILES string of the molecule is CC(C)(C)OC(=O)CC[C@@]1(C(=O)NCc2ccc(C(F)(F)F)cc2)N=C(c2ccc(OCCCO)cc2)O[C@@H]1c1ccccc1. The van der Waals surface area contributed by atoms with Gasteiger partial charge >= 0.3 is 12.1 Å². The van der Waals surface area contributed by atoms with Crippen molar-refractivity contribution < 1.29 is 42.1 Å². The Balaban J connectivity index is 1.68. The maximum atomic E-state index is 14.2. The number of esters is 1. The number of hydrogen-bond acceptors (Lipinski definition) is 7. The van der Waals surface area contributed by atoms with Crippen LogP contribution in [0.5, 0.6) is 5.75 Å². The van der Waals surface area contributed by atoms with Crippen LogP contribution in [0.25, 0.3) is 0 Å². The number of nitrogens with one attached hydrogen (secondary N) is 1. The van der Waals surface area contributed by atoms with Crippen molar-refractivity contribution in [3.63, 3.8) is 0 Å². The summed E-state index contributed by atoms with van der Waals surface area (Å²) in [6.45, 7) is 5.52. The molecule has 1 aliphatic heterocycles. The summed E-state index contributed by atoms with van der Waals surface area (Å²) >= 11 is 0. The maximum Gasteiger partial charge on any atom is 0.416 e. The molecule has 1 aliphatic rings. The monoisotopic (exact) mass is 626 g/mol. The van der Waals surface area contributed by atoms with Crippen LogP contribution in [-0.4, -0.2) is 47.2 Å². The first kappa shape index (κ1) is 33.5. The summed E-state index contributed by atoms with van der Waals surface area (Å²) in [4.78, 5) is 31.8. The second-order valence-electron chi connectivity index (χ2n) is 11.7. The van der Waals surface area contributed by atoms with Crippen LogP contribution in [0.1, 0.15) is 68.4 Å². The van der Waals surface area contributed by atoms with E-state index >= 15 is 0 Å². The van der Waals surface area contributed by atoms with Gasteiger partial charge in [-0.05, 0) is 74.7 Å². The first-order valence-corrected chi connectivity index (χ1v) is 14.6. The van der Waals surface area contributed by atoms with Crippen molar-refractivity contribution in [2.75, 3.05) is 13.2 Å². The van der Waals surface area contributed by atoms with Crippen molar-refractivity contribution >= 4 is 17.8 Å². The number of nitrogens with zero attached hydrogens (tertiary/aromatic N) is 1. The number of carbonyl (C=O) groups is 2. The van der Waals surface area contributed by atoms with E-state index in [0.29, 0.717) is 35.5 Å². The maximum absolute atomic E-state index is 14.2. The lowest BCUT2D eigenvalue weighted by molar-refractivity contribution is -0.155. The Morgan fingerprint density at radius 1 is 0.978 bits per heavy atom. The molecule has 11 heteroatoms. The molecule has 0 bridgehead atoms. The second kappa shape index (κ2) is 14.2. The fourth-order valence-electron chi connectivity index (χ4n) is 4.83. The van der Waals surface area contributed by atoms with Gasteiger partial charge in [0.25, 0.3) is 5.91 Å². The van der Waals surface area contributed by atoms with E-state index in [1.807, 2.05) is 6.07 Å². The lowest BCUT2D eigenvalue weighted by atomic mass is 9.83. The standard InChI is InChI=1S/C34H37F3N2O6/c1-32(2,3)45-28(41)18-19-33(31(42)38-22-23-10-14-26(15-11-23)34(35,36)37)29(24-8-5-4-6-9-24)44-30(39-33)25-12-16-27(17-13-25)43-21-7-20-40/h4-6,8-17,29,40H,7,18-22H2,1-3H3,(H,38,42)/t29-,33-/m1/s1. The van der Waals surface area contributed by atoms with Crippen molar-refractivity contribution in [1.82, 2.24) is 5.32 Å². The molecule has 0 unspecified atom stereocenters. The van der Waals surface area contributed by atoms with E-state index in [2.05, 4.69) is 5.32 Å². The molecule has 0 spiro atoms. The van der Waals surface area contributed by atoms with Crippen LogP contribution in [0.3, 0.4) is 0 Å². The number of aliphatic hydroxyl groups is 1. The van der Waals surface area contributed by atoms with Gasteiger partial charge in [-0.3, -0.25) is 9.59 Å². The molecule has 2 N–H and O–H groups in total. The average Bonchev–Trinajstić information content (AvgIpc) is 3.40. The molecule has 0 fully saturated rings. The molecule has 0 aromatic heterocycles. The van der Waals surface area contributed by atoms with Crippen LogP contribution in [0.4, 0.5) is 13.2 Å². The number of amides is 1. The van der Waals surface area contributed by atoms with Gasteiger partial charge in [0.05, 0.1) is 12.2 Å². The van der Waals surface area contributed by atoms with Gasteiger partial charge in [0, 0.05) is 31.6 Å². The Labute approximate surface area is 260 Å². The largest absolute Gasteiger partial charge is 0.494 e. The molecule has 45 heavy (non-hydrogen) atoms. The quantitative estimate of drug-likeness (QED) is 0.184. The van der Waals surface area contributed by atoms with Gasteiger partial charge in [-0.25, -0.2) is 4.99 Å². The van der Waals surface area contributed by atoms with E-state index in [0.717, 1.165) is 12.1 Å².